The van der Waals surface area contributed by atoms with E-state index in [1.54, 1.807) is 18.2 Å². The van der Waals surface area contributed by atoms with Gasteiger partial charge in [-0.3, -0.25) is 0 Å². The number of nitrogens with zero attached hydrogens (tertiary/aromatic N) is 1. The zero-order valence-electron chi connectivity index (χ0n) is 15.3. The van der Waals surface area contributed by atoms with Crippen LogP contribution < -0.4 is 9.47 Å². The van der Waals surface area contributed by atoms with E-state index in [1.807, 2.05) is 19.1 Å². The Balaban J connectivity index is 1.83. The molecule has 6 heteroatoms. The van der Waals surface area contributed by atoms with Crippen molar-refractivity contribution in [3.8, 4) is 11.5 Å². The Morgan fingerprint density at radius 1 is 1.15 bits per heavy atom. The maximum absolute atomic E-state index is 13.9. The van der Waals surface area contributed by atoms with Gasteiger partial charge in [0.1, 0.15) is 17.4 Å². The van der Waals surface area contributed by atoms with Gasteiger partial charge in [0, 0.05) is 24.2 Å². The second-order valence-corrected chi connectivity index (χ2v) is 7.69. The van der Waals surface area contributed by atoms with Gasteiger partial charge in [-0.05, 0) is 60.3 Å². The minimum absolute atomic E-state index is 0.126. The van der Waals surface area contributed by atoms with E-state index in [2.05, 4.69) is 20.8 Å². The highest BCUT2D eigenvalue weighted by molar-refractivity contribution is 9.10. The number of hydrogen-bond acceptors (Lipinski definition) is 3. The van der Waals surface area contributed by atoms with Crippen LogP contribution >= 0.6 is 28.1 Å². The number of ether oxygens (including phenoxy) is 2. The van der Waals surface area contributed by atoms with Gasteiger partial charge in [0.2, 0.25) is 0 Å². The van der Waals surface area contributed by atoms with Crippen LogP contribution in [0.2, 0.25) is 0 Å². The number of likely N-dealkylation sites (tertiary alicyclic amines) is 1. The molecule has 2 aromatic rings. The van der Waals surface area contributed by atoms with Crippen LogP contribution in [-0.4, -0.2) is 29.6 Å². The van der Waals surface area contributed by atoms with E-state index in [9.17, 15) is 4.39 Å². The summed E-state index contributed by atoms with van der Waals surface area (Å²) in [5, 5.41) is 0. The Morgan fingerprint density at radius 2 is 1.89 bits per heavy atom. The molecule has 3 rings (SSSR count). The molecule has 0 spiro atoms. The third kappa shape index (κ3) is 4.99. The lowest BCUT2D eigenvalue weighted by Gasteiger charge is -2.29. The molecule has 1 heterocycles. The molecule has 0 amide bonds. The van der Waals surface area contributed by atoms with Crippen molar-refractivity contribution < 1.29 is 13.9 Å². The van der Waals surface area contributed by atoms with Gasteiger partial charge in [0.15, 0.2) is 11.5 Å². The van der Waals surface area contributed by atoms with Crippen LogP contribution in [0.5, 0.6) is 11.5 Å². The molecule has 2 aromatic carbocycles. The normalized spacial score (nSPS) is 14.1. The molecule has 0 radical (unpaired) electrons. The summed E-state index contributed by atoms with van der Waals surface area (Å²) in [6.45, 7) is 4.53. The molecule has 3 nitrogen and oxygen atoms in total. The van der Waals surface area contributed by atoms with Gasteiger partial charge in [-0.25, -0.2) is 4.39 Å². The third-order valence-electron chi connectivity index (χ3n) is 4.53. The van der Waals surface area contributed by atoms with Crippen LogP contribution in [0.1, 0.15) is 37.3 Å². The second kappa shape index (κ2) is 9.51. The Morgan fingerprint density at radius 3 is 2.59 bits per heavy atom. The SMILES string of the molecule is CCOc1cc(C(=S)N2CCCCC2)cc(Br)c1OCc1ccccc1F. The fraction of sp³-hybridized carbons (Fsp3) is 0.381. The van der Waals surface area contributed by atoms with Crippen LogP contribution in [0.3, 0.4) is 0 Å². The van der Waals surface area contributed by atoms with Crippen LogP contribution in [0, 0.1) is 5.82 Å². The fourth-order valence-corrected chi connectivity index (χ4v) is 4.00. The molecule has 1 saturated heterocycles. The van der Waals surface area contributed by atoms with E-state index < -0.39 is 0 Å². The minimum atomic E-state index is -0.283. The molecule has 0 bridgehead atoms. The van der Waals surface area contributed by atoms with Gasteiger partial charge in [0.05, 0.1) is 11.1 Å². The zero-order valence-corrected chi connectivity index (χ0v) is 17.7. The predicted octanol–water partition coefficient (Wildman–Crippen LogP) is 5.73. The molecule has 144 valence electrons. The Labute approximate surface area is 173 Å². The highest BCUT2D eigenvalue weighted by Crippen LogP contribution is 2.38. The van der Waals surface area contributed by atoms with Gasteiger partial charge in [-0.2, -0.15) is 0 Å². The molecule has 1 aliphatic rings. The lowest BCUT2D eigenvalue weighted by Crippen LogP contribution is -2.34. The van der Waals surface area contributed by atoms with Crippen LogP contribution in [0.4, 0.5) is 4.39 Å². The number of halogens is 2. The molecule has 0 aliphatic carbocycles. The van der Waals surface area contributed by atoms with Gasteiger partial charge >= 0.3 is 0 Å². The Hall–Kier alpha value is -1.66. The van der Waals surface area contributed by atoms with E-state index in [4.69, 9.17) is 21.7 Å². The van der Waals surface area contributed by atoms with Gasteiger partial charge in [0.25, 0.3) is 0 Å². The second-order valence-electron chi connectivity index (χ2n) is 6.45. The number of rotatable bonds is 6. The molecule has 0 unspecified atom stereocenters. The maximum atomic E-state index is 13.9. The van der Waals surface area contributed by atoms with Crippen molar-refractivity contribution in [2.45, 2.75) is 32.8 Å². The Bertz CT molecular complexity index is 809. The van der Waals surface area contributed by atoms with Crippen LogP contribution in [0.15, 0.2) is 40.9 Å². The number of benzene rings is 2. The van der Waals surface area contributed by atoms with Crippen molar-refractivity contribution >= 4 is 33.1 Å². The standard InChI is InChI=1S/C21H23BrFNO2S/c1-2-25-19-13-16(21(27)24-10-6-3-7-11-24)12-17(22)20(19)26-14-15-8-4-5-9-18(15)23/h4-5,8-9,12-13H,2-3,6-7,10-11,14H2,1H3. The van der Waals surface area contributed by atoms with Crippen molar-refractivity contribution in [1.29, 1.82) is 0 Å². The number of thiocarbonyl (C=S) groups is 1. The highest BCUT2D eigenvalue weighted by atomic mass is 79.9. The average molecular weight is 452 g/mol. The third-order valence-corrected chi connectivity index (χ3v) is 5.61. The number of piperidine rings is 1. The molecular weight excluding hydrogens is 429 g/mol. The van der Waals surface area contributed by atoms with Gasteiger partial charge < -0.3 is 14.4 Å². The van der Waals surface area contributed by atoms with E-state index in [-0.39, 0.29) is 12.4 Å². The molecule has 0 N–H and O–H groups in total. The first-order chi connectivity index (χ1) is 13.1. The van der Waals surface area contributed by atoms with Crippen LogP contribution in [-0.2, 0) is 6.61 Å². The van der Waals surface area contributed by atoms with Crippen LogP contribution in [0.25, 0.3) is 0 Å². The number of hydrogen-bond donors (Lipinski definition) is 0. The van der Waals surface area contributed by atoms with Crippen molar-refractivity contribution in [2.24, 2.45) is 0 Å². The van der Waals surface area contributed by atoms with Crippen molar-refractivity contribution in [3.05, 3.63) is 57.8 Å². The molecule has 1 fully saturated rings. The van der Waals surface area contributed by atoms with Crippen molar-refractivity contribution in [3.63, 3.8) is 0 Å². The molecule has 27 heavy (non-hydrogen) atoms. The fourth-order valence-electron chi connectivity index (χ4n) is 3.14. The first-order valence-corrected chi connectivity index (χ1v) is 10.4. The first-order valence-electron chi connectivity index (χ1n) is 9.22. The maximum Gasteiger partial charge on any atom is 0.175 e. The van der Waals surface area contributed by atoms with Gasteiger partial charge in [-0.1, -0.05) is 30.4 Å². The van der Waals surface area contributed by atoms with Gasteiger partial charge in [-0.15, -0.1) is 0 Å². The topological polar surface area (TPSA) is 21.7 Å². The average Bonchev–Trinajstić information content (AvgIpc) is 2.68. The van der Waals surface area contributed by atoms with E-state index in [0.717, 1.165) is 28.1 Å². The zero-order chi connectivity index (χ0) is 19.2. The lowest BCUT2D eigenvalue weighted by atomic mass is 10.1. The molecule has 0 aromatic heterocycles. The smallest absolute Gasteiger partial charge is 0.175 e. The summed E-state index contributed by atoms with van der Waals surface area (Å²) in [5.41, 5.74) is 1.43. The minimum Gasteiger partial charge on any atom is -0.490 e. The van der Waals surface area contributed by atoms with E-state index >= 15 is 0 Å². The highest BCUT2D eigenvalue weighted by Gasteiger charge is 2.19. The largest absolute Gasteiger partial charge is 0.490 e. The summed E-state index contributed by atoms with van der Waals surface area (Å²) in [6.07, 6.45) is 3.60. The quantitative estimate of drug-likeness (QED) is 0.522. The molecule has 0 saturated carbocycles. The summed E-state index contributed by atoms with van der Waals surface area (Å²) in [6, 6.07) is 10.5. The van der Waals surface area contributed by atoms with E-state index in [0.29, 0.717) is 23.7 Å². The van der Waals surface area contributed by atoms with Crippen molar-refractivity contribution in [1.82, 2.24) is 4.90 Å². The summed E-state index contributed by atoms with van der Waals surface area (Å²) in [4.78, 5) is 3.08. The lowest BCUT2D eigenvalue weighted by molar-refractivity contribution is 0.264. The molecule has 1 aliphatic heterocycles. The summed E-state index contributed by atoms with van der Waals surface area (Å²) < 4.78 is 26.3. The molecular formula is C21H23BrFNO2S. The molecule has 0 atom stereocenters. The predicted molar refractivity (Wildman–Crippen MR) is 113 cm³/mol. The monoisotopic (exact) mass is 451 g/mol. The Kier molecular flexibility index (Phi) is 7.07. The van der Waals surface area contributed by atoms with E-state index in [1.165, 1.54) is 25.3 Å². The summed E-state index contributed by atoms with van der Waals surface area (Å²) in [7, 11) is 0. The summed E-state index contributed by atoms with van der Waals surface area (Å²) in [5.74, 6) is 0.886. The first kappa shape index (κ1) is 20.1. The summed E-state index contributed by atoms with van der Waals surface area (Å²) >= 11 is 9.28. The van der Waals surface area contributed by atoms with Crippen molar-refractivity contribution in [2.75, 3.05) is 19.7 Å².